The zero-order valence-corrected chi connectivity index (χ0v) is 17.8. The molecule has 0 aliphatic carbocycles. The highest BCUT2D eigenvalue weighted by Crippen LogP contribution is 2.29. The van der Waals surface area contributed by atoms with E-state index in [1.807, 2.05) is 12.1 Å². The Bertz CT molecular complexity index is 1020. The van der Waals surface area contributed by atoms with Gasteiger partial charge >= 0.3 is 5.97 Å². The summed E-state index contributed by atoms with van der Waals surface area (Å²) in [5, 5.41) is 17.6. The molecule has 0 aliphatic heterocycles. The fourth-order valence-corrected chi connectivity index (χ4v) is 2.51. The van der Waals surface area contributed by atoms with E-state index in [0.29, 0.717) is 35.3 Å². The molecule has 0 saturated carbocycles. The highest BCUT2D eigenvalue weighted by Gasteiger charge is 2.06. The zero-order chi connectivity index (χ0) is 22.6. The number of carbonyl (C=O) groups is 1. The molecule has 158 valence electrons. The number of allylic oxidation sites excluding steroid dienone is 1. The topological polar surface area (TPSA) is 92.3 Å². The molecule has 0 heterocycles. The van der Waals surface area contributed by atoms with Crippen LogP contribution >= 0.6 is 0 Å². The molecule has 31 heavy (non-hydrogen) atoms. The Morgan fingerprint density at radius 1 is 1.03 bits per heavy atom. The van der Waals surface area contributed by atoms with E-state index in [2.05, 4.69) is 13.8 Å². The fraction of sp³-hybridized carbons (Fsp3) is 0.240. The second-order valence-corrected chi connectivity index (χ2v) is 7.05. The number of rotatable bonds is 9. The molecule has 0 atom stereocenters. The van der Waals surface area contributed by atoms with Crippen molar-refractivity contribution in [2.75, 3.05) is 13.7 Å². The maximum Gasteiger partial charge on any atom is 0.336 e. The third kappa shape index (κ3) is 7.72. The second kappa shape index (κ2) is 11.8. The van der Waals surface area contributed by atoms with Gasteiger partial charge in [0, 0.05) is 6.08 Å². The van der Waals surface area contributed by atoms with Crippen LogP contribution in [0.3, 0.4) is 0 Å². The molecular formula is C25H24N2O4. The van der Waals surface area contributed by atoms with E-state index in [9.17, 15) is 4.79 Å². The van der Waals surface area contributed by atoms with Crippen molar-refractivity contribution in [3.8, 4) is 29.4 Å². The number of hydrogen-bond acceptors (Lipinski definition) is 6. The Hall–Kier alpha value is -4.03. The summed E-state index contributed by atoms with van der Waals surface area (Å²) in [6, 6.07) is 15.5. The van der Waals surface area contributed by atoms with Gasteiger partial charge in [-0.25, -0.2) is 4.79 Å². The molecule has 0 unspecified atom stereocenters. The number of nitrogens with zero attached hydrogens (tertiary/aromatic N) is 2. The SMILES string of the molecule is COc1cc(/C=C/C(=O)Oc2ccc(C=C(C#N)C#N)cc2)ccc1OCCC(C)C. The van der Waals surface area contributed by atoms with E-state index in [1.165, 1.54) is 12.2 Å². The summed E-state index contributed by atoms with van der Waals surface area (Å²) >= 11 is 0. The van der Waals surface area contributed by atoms with Gasteiger partial charge in [-0.2, -0.15) is 10.5 Å². The Labute approximate surface area is 182 Å². The Morgan fingerprint density at radius 2 is 1.71 bits per heavy atom. The number of carbonyl (C=O) groups excluding carboxylic acids is 1. The predicted molar refractivity (Wildman–Crippen MR) is 118 cm³/mol. The van der Waals surface area contributed by atoms with Gasteiger partial charge < -0.3 is 14.2 Å². The molecule has 0 fully saturated rings. The number of ether oxygens (including phenoxy) is 3. The highest BCUT2D eigenvalue weighted by molar-refractivity contribution is 5.88. The molecule has 0 amide bonds. The van der Waals surface area contributed by atoms with Crippen LogP contribution in [0.15, 0.2) is 54.1 Å². The zero-order valence-electron chi connectivity index (χ0n) is 17.8. The molecule has 0 bridgehead atoms. The molecule has 0 N–H and O–H groups in total. The van der Waals surface area contributed by atoms with Crippen LogP contribution in [0.5, 0.6) is 17.2 Å². The lowest BCUT2D eigenvalue weighted by molar-refractivity contribution is -0.128. The molecule has 0 spiro atoms. The predicted octanol–water partition coefficient (Wildman–Crippen LogP) is 5.17. The van der Waals surface area contributed by atoms with Crippen LogP contribution < -0.4 is 14.2 Å². The minimum Gasteiger partial charge on any atom is -0.493 e. The minimum absolute atomic E-state index is 0.000512. The van der Waals surface area contributed by atoms with Crippen molar-refractivity contribution in [1.29, 1.82) is 10.5 Å². The van der Waals surface area contributed by atoms with Gasteiger partial charge in [0.25, 0.3) is 0 Å². The van der Waals surface area contributed by atoms with Gasteiger partial charge in [0.1, 0.15) is 23.5 Å². The first-order valence-corrected chi connectivity index (χ1v) is 9.78. The second-order valence-electron chi connectivity index (χ2n) is 7.05. The average molecular weight is 416 g/mol. The van der Waals surface area contributed by atoms with Gasteiger partial charge in [-0.3, -0.25) is 0 Å². The largest absolute Gasteiger partial charge is 0.493 e. The Balaban J connectivity index is 1.99. The minimum atomic E-state index is -0.533. The van der Waals surface area contributed by atoms with Crippen molar-refractivity contribution in [2.24, 2.45) is 5.92 Å². The van der Waals surface area contributed by atoms with Gasteiger partial charge in [0.2, 0.25) is 0 Å². The van der Waals surface area contributed by atoms with Crippen LogP contribution in [0.4, 0.5) is 0 Å². The first-order valence-electron chi connectivity index (χ1n) is 9.78. The van der Waals surface area contributed by atoms with E-state index in [-0.39, 0.29) is 5.57 Å². The van der Waals surface area contributed by atoms with Crippen LogP contribution in [-0.4, -0.2) is 19.7 Å². The van der Waals surface area contributed by atoms with E-state index < -0.39 is 5.97 Å². The van der Waals surface area contributed by atoms with Crippen molar-refractivity contribution in [3.63, 3.8) is 0 Å². The number of hydrogen-bond donors (Lipinski definition) is 0. The molecule has 2 rings (SSSR count). The molecular weight excluding hydrogens is 392 g/mol. The van der Waals surface area contributed by atoms with E-state index >= 15 is 0 Å². The molecule has 2 aromatic rings. The van der Waals surface area contributed by atoms with Gasteiger partial charge in [-0.05, 0) is 59.9 Å². The number of nitriles is 2. The number of methoxy groups -OCH3 is 1. The van der Waals surface area contributed by atoms with Crippen molar-refractivity contribution < 1.29 is 19.0 Å². The third-order valence-electron chi connectivity index (χ3n) is 4.20. The summed E-state index contributed by atoms with van der Waals surface area (Å²) < 4.78 is 16.4. The smallest absolute Gasteiger partial charge is 0.336 e. The van der Waals surface area contributed by atoms with Gasteiger partial charge in [0.15, 0.2) is 11.5 Å². The van der Waals surface area contributed by atoms with E-state index in [0.717, 1.165) is 12.0 Å². The maximum atomic E-state index is 12.1. The van der Waals surface area contributed by atoms with Crippen molar-refractivity contribution in [3.05, 3.63) is 65.2 Å². The van der Waals surface area contributed by atoms with Crippen LogP contribution in [0.2, 0.25) is 0 Å². The van der Waals surface area contributed by atoms with E-state index in [4.69, 9.17) is 24.7 Å². The quantitative estimate of drug-likeness (QED) is 0.242. The molecule has 2 aromatic carbocycles. The van der Waals surface area contributed by atoms with Crippen LogP contribution in [0.25, 0.3) is 12.2 Å². The molecule has 0 aliphatic rings. The van der Waals surface area contributed by atoms with Crippen molar-refractivity contribution in [2.45, 2.75) is 20.3 Å². The van der Waals surface area contributed by atoms with Crippen LogP contribution in [0, 0.1) is 28.6 Å². The Morgan fingerprint density at radius 3 is 2.32 bits per heavy atom. The highest BCUT2D eigenvalue weighted by atomic mass is 16.5. The molecule has 0 saturated heterocycles. The number of esters is 1. The number of benzene rings is 2. The summed E-state index contributed by atoms with van der Waals surface area (Å²) in [6.07, 6.45) is 5.36. The molecule has 6 nitrogen and oxygen atoms in total. The average Bonchev–Trinajstić information content (AvgIpc) is 2.77. The Kier molecular flexibility index (Phi) is 8.89. The molecule has 6 heteroatoms. The third-order valence-corrected chi connectivity index (χ3v) is 4.20. The van der Waals surface area contributed by atoms with Crippen LogP contribution in [-0.2, 0) is 4.79 Å². The standard InChI is InChI=1S/C25H24N2O4/c1-18(2)12-13-30-23-10-6-20(15-24(23)29-3)7-11-25(28)31-22-8-4-19(5-9-22)14-21(16-26)17-27/h4-11,14-15,18H,12-13H2,1-3H3/b11-7+. The summed E-state index contributed by atoms with van der Waals surface area (Å²) in [7, 11) is 1.57. The normalized spacial score (nSPS) is 10.3. The van der Waals surface area contributed by atoms with Crippen molar-refractivity contribution in [1.82, 2.24) is 0 Å². The summed E-state index contributed by atoms with van der Waals surface area (Å²) in [4.78, 5) is 12.1. The van der Waals surface area contributed by atoms with Gasteiger partial charge in [-0.1, -0.05) is 32.0 Å². The fourth-order valence-electron chi connectivity index (χ4n) is 2.51. The van der Waals surface area contributed by atoms with Gasteiger partial charge in [-0.15, -0.1) is 0 Å². The summed E-state index contributed by atoms with van der Waals surface area (Å²) in [5.41, 5.74) is 1.43. The molecule has 0 aromatic heterocycles. The maximum absolute atomic E-state index is 12.1. The monoisotopic (exact) mass is 416 g/mol. The molecule has 0 radical (unpaired) electrons. The van der Waals surface area contributed by atoms with Gasteiger partial charge in [0.05, 0.1) is 13.7 Å². The lowest BCUT2D eigenvalue weighted by Gasteiger charge is -2.12. The van der Waals surface area contributed by atoms with Crippen LogP contribution in [0.1, 0.15) is 31.4 Å². The summed E-state index contributed by atoms with van der Waals surface area (Å²) in [5.74, 6) is 1.63. The lowest BCUT2D eigenvalue weighted by atomic mass is 10.1. The first kappa shape index (κ1) is 23.3. The summed E-state index contributed by atoms with van der Waals surface area (Å²) in [6.45, 7) is 4.88. The first-order chi connectivity index (χ1) is 14.9. The van der Waals surface area contributed by atoms with Crippen molar-refractivity contribution >= 4 is 18.1 Å². The van der Waals surface area contributed by atoms with E-state index in [1.54, 1.807) is 55.7 Å². The lowest BCUT2D eigenvalue weighted by Crippen LogP contribution is -2.04.